The maximum atomic E-state index is 12.2. The number of carbonyl (C=O) groups is 2. The van der Waals surface area contributed by atoms with E-state index in [0.717, 1.165) is 12.8 Å². The number of nitrogens with one attached hydrogen (secondary N) is 1. The molecule has 2 aliphatic rings. The Labute approximate surface area is 132 Å². The van der Waals surface area contributed by atoms with E-state index in [4.69, 9.17) is 4.74 Å². The summed E-state index contributed by atoms with van der Waals surface area (Å²) in [5.41, 5.74) is 0. The summed E-state index contributed by atoms with van der Waals surface area (Å²) in [6.07, 6.45) is 3.33. The van der Waals surface area contributed by atoms with Gasteiger partial charge in [-0.05, 0) is 18.8 Å². The Morgan fingerprint density at radius 1 is 1.45 bits per heavy atom. The molecule has 2 fully saturated rings. The molecule has 2 saturated heterocycles. The average Bonchev–Trinajstić information content (AvgIpc) is 2.72. The molecule has 1 N–H and O–H groups in total. The minimum Gasteiger partial charge on any atom is -0.377 e. The monoisotopic (exact) mass is 309 g/mol. The van der Waals surface area contributed by atoms with Gasteiger partial charge >= 0.3 is 6.03 Å². The van der Waals surface area contributed by atoms with Crippen LogP contribution in [0.5, 0.6) is 0 Å². The van der Waals surface area contributed by atoms with E-state index in [0.29, 0.717) is 44.7 Å². The van der Waals surface area contributed by atoms with Crippen LogP contribution in [-0.4, -0.2) is 68.7 Å². The van der Waals surface area contributed by atoms with Crippen LogP contribution in [0.4, 0.5) is 4.79 Å². The van der Waals surface area contributed by atoms with E-state index >= 15 is 0 Å². The van der Waals surface area contributed by atoms with Gasteiger partial charge in [0.2, 0.25) is 5.91 Å². The van der Waals surface area contributed by atoms with Crippen molar-refractivity contribution in [2.45, 2.75) is 12.8 Å². The molecule has 0 spiro atoms. The van der Waals surface area contributed by atoms with Gasteiger partial charge in [0.1, 0.15) is 0 Å². The molecule has 0 radical (unpaired) electrons. The molecule has 0 aromatic rings. The Morgan fingerprint density at radius 2 is 2.18 bits per heavy atom. The number of amides is 3. The summed E-state index contributed by atoms with van der Waals surface area (Å²) >= 11 is 0. The Hall–Kier alpha value is -1.56. The molecule has 124 valence electrons. The van der Waals surface area contributed by atoms with Gasteiger partial charge in [-0.3, -0.25) is 4.79 Å². The molecule has 6 heteroatoms. The number of nitrogens with zero attached hydrogens (tertiary/aromatic N) is 2. The van der Waals surface area contributed by atoms with Gasteiger partial charge in [0.15, 0.2) is 0 Å². The number of ether oxygens (including phenoxy) is 1. The van der Waals surface area contributed by atoms with Gasteiger partial charge in [-0.2, -0.15) is 0 Å². The van der Waals surface area contributed by atoms with Crippen molar-refractivity contribution in [2.75, 3.05) is 46.9 Å². The van der Waals surface area contributed by atoms with Crippen LogP contribution in [0.1, 0.15) is 12.8 Å². The highest BCUT2D eigenvalue weighted by Crippen LogP contribution is 2.34. The number of carbonyl (C=O) groups excluding carboxylic acids is 2. The molecule has 2 heterocycles. The Kier molecular flexibility index (Phi) is 5.83. The van der Waals surface area contributed by atoms with E-state index in [1.165, 1.54) is 0 Å². The quantitative estimate of drug-likeness (QED) is 0.621. The fourth-order valence-electron chi connectivity index (χ4n) is 3.49. The SMILES string of the molecule is C=CCOC[C@H]1CNC(=O)[C@@H]2CCN(C(=O)N(C)C)CC[C@H]12. The van der Waals surface area contributed by atoms with Crippen LogP contribution in [-0.2, 0) is 9.53 Å². The summed E-state index contributed by atoms with van der Waals surface area (Å²) in [6, 6.07) is 0.0264. The number of hydrogen-bond acceptors (Lipinski definition) is 3. The van der Waals surface area contributed by atoms with Crippen molar-refractivity contribution in [1.82, 2.24) is 15.1 Å². The largest absolute Gasteiger partial charge is 0.377 e. The number of likely N-dealkylation sites (tertiary alicyclic amines) is 1. The number of rotatable bonds is 4. The van der Waals surface area contributed by atoms with Crippen molar-refractivity contribution in [1.29, 1.82) is 0 Å². The molecule has 0 saturated carbocycles. The minimum atomic E-state index is -0.00829. The fraction of sp³-hybridized carbons (Fsp3) is 0.750. The normalized spacial score (nSPS) is 28.4. The molecule has 2 rings (SSSR count). The van der Waals surface area contributed by atoms with E-state index in [1.807, 2.05) is 4.90 Å². The van der Waals surface area contributed by atoms with Gasteiger partial charge in [-0.1, -0.05) is 6.08 Å². The van der Waals surface area contributed by atoms with Crippen molar-refractivity contribution < 1.29 is 14.3 Å². The van der Waals surface area contributed by atoms with E-state index in [-0.39, 0.29) is 17.9 Å². The van der Waals surface area contributed by atoms with Crippen LogP contribution in [0.3, 0.4) is 0 Å². The van der Waals surface area contributed by atoms with Gasteiger partial charge in [0.05, 0.1) is 13.2 Å². The Bertz CT molecular complexity index is 425. The third-order valence-electron chi connectivity index (χ3n) is 4.66. The standard InChI is InChI=1S/C16H27N3O3/c1-4-9-22-11-12-10-17-15(20)14-6-8-19(7-5-13(12)14)16(21)18(2)3/h4,12-14H,1,5-11H2,2-3H3,(H,17,20)/t12-,13-,14-/m1/s1. The molecular weight excluding hydrogens is 282 g/mol. The first-order chi connectivity index (χ1) is 10.5. The lowest BCUT2D eigenvalue weighted by atomic mass is 9.75. The van der Waals surface area contributed by atoms with Crippen LogP contribution >= 0.6 is 0 Å². The number of urea groups is 1. The molecule has 0 bridgehead atoms. The predicted molar refractivity (Wildman–Crippen MR) is 84.4 cm³/mol. The lowest BCUT2D eigenvalue weighted by molar-refractivity contribution is -0.131. The predicted octanol–water partition coefficient (Wildman–Crippen LogP) is 0.945. The van der Waals surface area contributed by atoms with Crippen molar-refractivity contribution in [3.63, 3.8) is 0 Å². The van der Waals surface area contributed by atoms with Gasteiger partial charge < -0.3 is 19.9 Å². The van der Waals surface area contributed by atoms with E-state index in [1.54, 1.807) is 25.1 Å². The molecule has 3 atom stereocenters. The van der Waals surface area contributed by atoms with E-state index < -0.39 is 0 Å². The van der Waals surface area contributed by atoms with Gasteiger partial charge in [0, 0.05) is 45.6 Å². The van der Waals surface area contributed by atoms with Crippen LogP contribution in [0.25, 0.3) is 0 Å². The summed E-state index contributed by atoms with van der Waals surface area (Å²) in [5, 5.41) is 2.99. The van der Waals surface area contributed by atoms with Gasteiger partial charge in [-0.15, -0.1) is 6.58 Å². The highest BCUT2D eigenvalue weighted by Gasteiger charge is 2.40. The van der Waals surface area contributed by atoms with E-state index in [9.17, 15) is 9.59 Å². The highest BCUT2D eigenvalue weighted by atomic mass is 16.5. The maximum absolute atomic E-state index is 12.2. The summed E-state index contributed by atoms with van der Waals surface area (Å²) in [4.78, 5) is 27.8. The second-order valence-corrected chi connectivity index (χ2v) is 6.34. The van der Waals surface area contributed by atoms with E-state index in [2.05, 4.69) is 11.9 Å². The summed E-state index contributed by atoms with van der Waals surface area (Å²) in [6.45, 7) is 6.84. The zero-order valence-electron chi connectivity index (χ0n) is 13.6. The Morgan fingerprint density at radius 3 is 2.86 bits per heavy atom. The molecule has 0 aliphatic carbocycles. The van der Waals surface area contributed by atoms with Crippen molar-refractivity contribution in [2.24, 2.45) is 17.8 Å². The lowest BCUT2D eigenvalue weighted by Gasteiger charge is -2.36. The van der Waals surface area contributed by atoms with Gasteiger partial charge in [0.25, 0.3) is 0 Å². The third kappa shape index (κ3) is 3.80. The topological polar surface area (TPSA) is 61.9 Å². The first kappa shape index (κ1) is 16.8. The molecule has 2 aliphatic heterocycles. The van der Waals surface area contributed by atoms with Crippen molar-refractivity contribution in [3.8, 4) is 0 Å². The average molecular weight is 309 g/mol. The molecule has 0 unspecified atom stereocenters. The molecule has 0 aromatic heterocycles. The molecular formula is C16H27N3O3. The second-order valence-electron chi connectivity index (χ2n) is 6.34. The number of fused-ring (bicyclic) bond motifs is 1. The van der Waals surface area contributed by atoms with Crippen LogP contribution in [0.15, 0.2) is 12.7 Å². The van der Waals surface area contributed by atoms with Crippen molar-refractivity contribution in [3.05, 3.63) is 12.7 Å². The van der Waals surface area contributed by atoms with Crippen LogP contribution in [0, 0.1) is 17.8 Å². The van der Waals surface area contributed by atoms with Crippen LogP contribution in [0.2, 0.25) is 0 Å². The summed E-state index contributed by atoms with van der Waals surface area (Å²) in [7, 11) is 3.53. The third-order valence-corrected chi connectivity index (χ3v) is 4.66. The smallest absolute Gasteiger partial charge is 0.319 e. The molecule has 22 heavy (non-hydrogen) atoms. The van der Waals surface area contributed by atoms with Gasteiger partial charge in [-0.25, -0.2) is 4.79 Å². The maximum Gasteiger partial charge on any atom is 0.319 e. The molecule has 0 aromatic carbocycles. The zero-order valence-corrected chi connectivity index (χ0v) is 13.6. The summed E-state index contributed by atoms with van der Waals surface area (Å²) in [5.74, 6) is 0.728. The first-order valence-electron chi connectivity index (χ1n) is 7.97. The zero-order chi connectivity index (χ0) is 16.1. The van der Waals surface area contributed by atoms with Crippen LogP contribution < -0.4 is 5.32 Å². The lowest BCUT2D eigenvalue weighted by Crippen LogP contribution is -2.49. The van der Waals surface area contributed by atoms with Crippen molar-refractivity contribution >= 4 is 11.9 Å². The number of piperidine rings is 1. The highest BCUT2D eigenvalue weighted by molar-refractivity contribution is 5.80. The fourth-order valence-corrected chi connectivity index (χ4v) is 3.49. The minimum absolute atomic E-state index is 0.00829. The Balaban J connectivity index is 2.02. The number of hydrogen-bond donors (Lipinski definition) is 1. The second kappa shape index (κ2) is 7.63. The molecule has 6 nitrogen and oxygen atoms in total. The summed E-state index contributed by atoms with van der Waals surface area (Å²) < 4.78 is 5.60. The molecule has 3 amide bonds. The first-order valence-corrected chi connectivity index (χ1v) is 7.97.